The summed E-state index contributed by atoms with van der Waals surface area (Å²) in [6, 6.07) is 19.4. The van der Waals surface area contributed by atoms with Gasteiger partial charge in [0.1, 0.15) is 22.7 Å². The van der Waals surface area contributed by atoms with E-state index in [0.29, 0.717) is 46.8 Å². The second-order valence-electron chi connectivity index (χ2n) is 10.0. The number of nitrogens with one attached hydrogen (secondary N) is 2. The van der Waals surface area contributed by atoms with E-state index in [9.17, 15) is 22.4 Å². The number of aromatic nitrogens is 3. The highest BCUT2D eigenvalue weighted by Gasteiger charge is 2.56. The minimum absolute atomic E-state index is 0.409. The lowest BCUT2D eigenvalue weighted by Gasteiger charge is -2.16. The summed E-state index contributed by atoms with van der Waals surface area (Å²) in [4.78, 5) is 30.2. The first kappa shape index (κ1) is 27.1. The maximum atomic E-state index is 13.2. The molecule has 1 aliphatic rings. The van der Waals surface area contributed by atoms with Crippen LogP contribution >= 0.6 is 0 Å². The molecule has 0 bridgehead atoms. The Morgan fingerprint density at radius 2 is 1.55 bits per heavy atom. The largest absolute Gasteiger partial charge is 0.457 e. The van der Waals surface area contributed by atoms with E-state index in [2.05, 4.69) is 20.7 Å². The summed E-state index contributed by atoms with van der Waals surface area (Å²) >= 11 is 0. The molecule has 6 rings (SSSR count). The molecular weight excluding hydrogens is 561 g/mol. The first-order valence-electron chi connectivity index (χ1n) is 12.9. The monoisotopic (exact) mass is 585 g/mol. The normalized spacial score (nSPS) is 13.9. The molecule has 0 atom stereocenters. The molecule has 1 fully saturated rings. The maximum Gasteiger partial charge on any atom is 0.250 e. The van der Waals surface area contributed by atoms with Gasteiger partial charge in [0, 0.05) is 28.5 Å². The van der Waals surface area contributed by atoms with Crippen LogP contribution in [0.2, 0.25) is 0 Å². The van der Waals surface area contributed by atoms with Crippen molar-refractivity contribution in [2.45, 2.75) is 12.8 Å². The van der Waals surface area contributed by atoms with E-state index in [1.807, 2.05) is 18.2 Å². The average molecular weight is 586 g/mol. The van der Waals surface area contributed by atoms with Gasteiger partial charge in [-0.25, -0.2) is 12.8 Å². The zero-order valence-electron chi connectivity index (χ0n) is 22.2. The lowest BCUT2D eigenvalue weighted by molar-refractivity contribution is -0.131. The topological polar surface area (TPSA) is 132 Å². The number of anilines is 2. The average Bonchev–Trinajstić information content (AvgIpc) is 3.63. The molecule has 0 radical (unpaired) electrons. The van der Waals surface area contributed by atoms with Crippen molar-refractivity contribution in [1.82, 2.24) is 14.2 Å². The van der Waals surface area contributed by atoms with Crippen molar-refractivity contribution in [3.63, 3.8) is 0 Å². The summed E-state index contributed by atoms with van der Waals surface area (Å²) in [7, 11) is -3.49. The molecular formula is C30H24FN5O5S. The van der Waals surface area contributed by atoms with E-state index < -0.39 is 33.1 Å². The second kappa shape index (κ2) is 10.4. The SMILES string of the molecule is CS(=O)(=O)n1cc(-c2ccc3c(Oc4ccc(NC(=O)C5(C(=O)Nc6ccc(F)cc6)CC5)cc4)ccnc3c2)cn1. The Kier molecular flexibility index (Phi) is 6.70. The van der Waals surface area contributed by atoms with Gasteiger partial charge in [0.2, 0.25) is 11.8 Å². The van der Waals surface area contributed by atoms with Gasteiger partial charge in [-0.1, -0.05) is 6.07 Å². The Balaban J connectivity index is 1.13. The van der Waals surface area contributed by atoms with Crippen LogP contribution < -0.4 is 15.4 Å². The summed E-state index contributed by atoms with van der Waals surface area (Å²) < 4.78 is 43.7. The number of pyridine rings is 1. The number of benzene rings is 3. The molecule has 2 N–H and O–H groups in total. The number of fused-ring (bicyclic) bond motifs is 1. The molecule has 2 heterocycles. The van der Waals surface area contributed by atoms with Gasteiger partial charge in [-0.15, -0.1) is 0 Å². The zero-order chi connectivity index (χ0) is 29.5. The molecule has 0 aliphatic heterocycles. The van der Waals surface area contributed by atoms with Crippen molar-refractivity contribution in [3.05, 3.63) is 97.2 Å². The van der Waals surface area contributed by atoms with Crippen LogP contribution in [0, 0.1) is 11.2 Å². The predicted octanol–water partition coefficient (Wildman–Crippen LogP) is 5.19. The van der Waals surface area contributed by atoms with Crippen LogP contribution in [0.15, 0.2) is 91.4 Å². The third kappa shape index (κ3) is 5.44. The molecule has 5 aromatic rings. The lowest BCUT2D eigenvalue weighted by atomic mass is 10.0. The van der Waals surface area contributed by atoms with Crippen LogP contribution in [-0.4, -0.2) is 40.7 Å². The van der Waals surface area contributed by atoms with Crippen molar-refractivity contribution in [1.29, 1.82) is 0 Å². The molecule has 1 saturated carbocycles. The number of ether oxygens (including phenoxy) is 1. The number of nitrogens with zero attached hydrogens (tertiary/aromatic N) is 3. The van der Waals surface area contributed by atoms with E-state index >= 15 is 0 Å². The summed E-state index contributed by atoms with van der Waals surface area (Å²) in [5.41, 5.74) is 1.80. The van der Waals surface area contributed by atoms with Gasteiger partial charge in [0.25, 0.3) is 10.0 Å². The van der Waals surface area contributed by atoms with Crippen LogP contribution in [0.3, 0.4) is 0 Å². The van der Waals surface area contributed by atoms with E-state index in [0.717, 1.165) is 21.3 Å². The number of carbonyl (C=O) groups is 2. The van der Waals surface area contributed by atoms with E-state index in [-0.39, 0.29) is 0 Å². The lowest BCUT2D eigenvalue weighted by Crippen LogP contribution is -2.35. The Hall–Kier alpha value is -5.10. The first-order chi connectivity index (χ1) is 20.1. The summed E-state index contributed by atoms with van der Waals surface area (Å²) in [5, 5.41) is 10.2. The molecule has 1 aliphatic carbocycles. The van der Waals surface area contributed by atoms with Crippen LogP contribution in [0.25, 0.3) is 22.0 Å². The molecule has 10 nitrogen and oxygen atoms in total. The number of halogens is 1. The van der Waals surface area contributed by atoms with E-state index in [1.54, 1.807) is 36.5 Å². The standard InChI is InChI=1S/C30H24FN5O5S/c1-42(39,40)36-18-20(17-33-36)19-2-11-25-26(16-19)32-15-12-27(25)41-24-9-7-23(8-10-24)35-29(38)30(13-14-30)28(37)34-22-5-3-21(31)4-6-22/h2-12,15-18H,13-14H2,1H3,(H,34,37)(H,35,38). The van der Waals surface area contributed by atoms with Crippen molar-refractivity contribution in [2.24, 2.45) is 5.41 Å². The molecule has 2 aromatic heterocycles. The summed E-state index contributed by atoms with van der Waals surface area (Å²) in [6.45, 7) is 0. The van der Waals surface area contributed by atoms with Gasteiger partial charge < -0.3 is 15.4 Å². The molecule has 0 unspecified atom stereocenters. The molecule has 0 spiro atoms. The molecule has 12 heteroatoms. The van der Waals surface area contributed by atoms with Crippen LogP contribution in [0.1, 0.15) is 12.8 Å². The van der Waals surface area contributed by atoms with Gasteiger partial charge in [0.05, 0.1) is 24.2 Å². The number of carbonyl (C=O) groups excluding carboxylic acids is 2. The smallest absolute Gasteiger partial charge is 0.250 e. The number of hydrogen-bond acceptors (Lipinski definition) is 7. The van der Waals surface area contributed by atoms with Crippen molar-refractivity contribution in [3.8, 4) is 22.6 Å². The molecule has 212 valence electrons. The van der Waals surface area contributed by atoms with Crippen LogP contribution in [0.5, 0.6) is 11.5 Å². The fourth-order valence-electron chi connectivity index (χ4n) is 4.48. The Bertz CT molecular complexity index is 1940. The molecule has 2 amide bonds. The fraction of sp³-hybridized carbons (Fsp3) is 0.133. The van der Waals surface area contributed by atoms with Crippen molar-refractivity contribution < 1.29 is 27.1 Å². The van der Waals surface area contributed by atoms with Gasteiger partial charge in [-0.3, -0.25) is 14.6 Å². The zero-order valence-corrected chi connectivity index (χ0v) is 23.1. The van der Waals surface area contributed by atoms with Crippen molar-refractivity contribution in [2.75, 3.05) is 16.9 Å². The van der Waals surface area contributed by atoms with Crippen molar-refractivity contribution >= 4 is 44.1 Å². The number of hydrogen-bond donors (Lipinski definition) is 2. The highest BCUT2D eigenvalue weighted by atomic mass is 32.2. The third-order valence-electron chi connectivity index (χ3n) is 7.00. The summed E-state index contributed by atoms with van der Waals surface area (Å²) in [5.74, 6) is -0.168. The van der Waals surface area contributed by atoms with E-state index in [4.69, 9.17) is 4.74 Å². The fourth-order valence-corrected chi connectivity index (χ4v) is 5.00. The Labute approximate surface area is 240 Å². The highest BCUT2D eigenvalue weighted by Crippen LogP contribution is 2.47. The van der Waals surface area contributed by atoms with Crippen LogP contribution in [0.4, 0.5) is 15.8 Å². The van der Waals surface area contributed by atoms with Gasteiger partial charge in [-0.2, -0.15) is 9.19 Å². The third-order valence-corrected chi connectivity index (χ3v) is 7.88. The Morgan fingerprint density at radius 1 is 0.905 bits per heavy atom. The predicted molar refractivity (Wildman–Crippen MR) is 155 cm³/mol. The second-order valence-corrected chi connectivity index (χ2v) is 11.9. The molecule has 42 heavy (non-hydrogen) atoms. The van der Waals surface area contributed by atoms with Crippen LogP contribution in [-0.2, 0) is 19.6 Å². The van der Waals surface area contributed by atoms with E-state index in [1.165, 1.54) is 36.7 Å². The Morgan fingerprint density at radius 3 is 2.14 bits per heavy atom. The highest BCUT2D eigenvalue weighted by molar-refractivity contribution is 7.89. The van der Waals surface area contributed by atoms with Gasteiger partial charge >= 0.3 is 0 Å². The summed E-state index contributed by atoms with van der Waals surface area (Å²) in [6.07, 6.45) is 6.46. The quantitative estimate of drug-likeness (QED) is 0.239. The number of rotatable bonds is 8. The molecule has 3 aromatic carbocycles. The number of amides is 2. The maximum absolute atomic E-state index is 13.2. The van der Waals surface area contributed by atoms with Gasteiger partial charge in [-0.05, 0) is 85.1 Å². The minimum atomic E-state index is -3.49. The first-order valence-corrected chi connectivity index (χ1v) is 14.8. The van der Waals surface area contributed by atoms with Gasteiger partial charge in [0.15, 0.2) is 0 Å². The molecule has 0 saturated heterocycles. The minimum Gasteiger partial charge on any atom is -0.457 e.